The molecule has 0 unspecified atom stereocenters. The van der Waals surface area contributed by atoms with Crippen molar-refractivity contribution in [2.45, 2.75) is 110 Å². The molecule has 27 heavy (non-hydrogen) atoms. The number of rotatable bonds is 7. The van der Waals surface area contributed by atoms with E-state index in [1.807, 2.05) is 27.7 Å². The van der Waals surface area contributed by atoms with Gasteiger partial charge in [0.15, 0.2) is 17.9 Å². The minimum Gasteiger partial charge on any atom is -0.371 e. The Balaban J connectivity index is 1.66. The van der Waals surface area contributed by atoms with E-state index in [4.69, 9.17) is 28.4 Å². The average Bonchev–Trinajstić information content (AvgIpc) is 3.12. The third kappa shape index (κ3) is 4.83. The van der Waals surface area contributed by atoms with Gasteiger partial charge in [0, 0.05) is 18.6 Å². The summed E-state index contributed by atoms with van der Waals surface area (Å²) in [4.78, 5) is 2.41. The normalized spacial score (nSPS) is 37.7. The second-order valence-corrected chi connectivity index (χ2v) is 9.20. The van der Waals surface area contributed by atoms with Crippen LogP contribution in [0, 0.1) is 0 Å². The van der Waals surface area contributed by atoms with E-state index in [9.17, 15) is 0 Å². The Hall–Kier alpha value is -0.280. The maximum Gasteiger partial charge on any atom is 0.190 e. The molecule has 0 saturated carbocycles. The lowest BCUT2D eigenvalue weighted by Gasteiger charge is -2.32. The lowest BCUT2D eigenvalue weighted by molar-refractivity contribution is -0.236. The Morgan fingerprint density at radius 2 is 1.59 bits per heavy atom. The molecule has 0 radical (unpaired) electrons. The van der Waals surface area contributed by atoms with Gasteiger partial charge < -0.3 is 28.4 Å². The molecule has 7 heteroatoms. The first-order chi connectivity index (χ1) is 12.5. The van der Waals surface area contributed by atoms with Gasteiger partial charge in [-0.2, -0.15) is 0 Å². The van der Waals surface area contributed by atoms with Crippen molar-refractivity contribution in [3.63, 3.8) is 0 Å². The van der Waals surface area contributed by atoms with Crippen molar-refractivity contribution in [3.05, 3.63) is 0 Å². The van der Waals surface area contributed by atoms with Crippen LogP contribution in [0.5, 0.6) is 0 Å². The molecule has 0 spiro atoms. The Labute approximate surface area is 163 Å². The highest BCUT2D eigenvalue weighted by Crippen LogP contribution is 2.41. The fraction of sp³-hybridized carbons (Fsp3) is 1.00. The molecule has 0 amide bonds. The van der Waals surface area contributed by atoms with Crippen LogP contribution in [0.25, 0.3) is 0 Å². The van der Waals surface area contributed by atoms with Crippen molar-refractivity contribution < 1.29 is 28.4 Å². The van der Waals surface area contributed by atoms with Gasteiger partial charge in [0.25, 0.3) is 0 Å². The van der Waals surface area contributed by atoms with Gasteiger partial charge in [0.05, 0.1) is 13.2 Å². The standard InChI is InChI=1S/C20H37NO6/c1-12(2)21(13(3)4)9-10-22-16-15(14-11-23-19(5,6)25-14)24-18-17(16)26-20(7,8)27-18/h12-18H,9-11H2,1-8H3/t14-,15-,16+,17-,18-/m1/s1. The maximum atomic E-state index is 6.33. The van der Waals surface area contributed by atoms with Crippen LogP contribution in [0.4, 0.5) is 0 Å². The van der Waals surface area contributed by atoms with E-state index in [1.54, 1.807) is 0 Å². The summed E-state index contributed by atoms with van der Waals surface area (Å²) in [6.07, 6.45) is -1.42. The predicted molar refractivity (Wildman–Crippen MR) is 100 cm³/mol. The van der Waals surface area contributed by atoms with Crippen LogP contribution < -0.4 is 0 Å². The van der Waals surface area contributed by atoms with Crippen LogP contribution in [0.2, 0.25) is 0 Å². The lowest BCUT2D eigenvalue weighted by Crippen LogP contribution is -2.46. The van der Waals surface area contributed by atoms with Crippen molar-refractivity contribution in [3.8, 4) is 0 Å². The molecule has 3 aliphatic rings. The van der Waals surface area contributed by atoms with Crippen molar-refractivity contribution in [1.29, 1.82) is 0 Å². The molecule has 5 atom stereocenters. The van der Waals surface area contributed by atoms with Gasteiger partial charge in [-0.3, -0.25) is 4.90 Å². The first-order valence-electron chi connectivity index (χ1n) is 10.2. The molecular formula is C20H37NO6. The predicted octanol–water partition coefficient (Wildman–Crippen LogP) is 2.52. The molecule has 3 rings (SSSR count). The van der Waals surface area contributed by atoms with Crippen LogP contribution in [0.3, 0.4) is 0 Å². The minimum absolute atomic E-state index is 0.197. The molecule has 0 aromatic rings. The molecule has 3 heterocycles. The fourth-order valence-corrected chi connectivity index (χ4v) is 4.28. The highest BCUT2D eigenvalue weighted by molar-refractivity contribution is 4.98. The number of fused-ring (bicyclic) bond motifs is 1. The monoisotopic (exact) mass is 387 g/mol. The summed E-state index contributed by atoms with van der Waals surface area (Å²) in [6.45, 7) is 18.4. The summed E-state index contributed by atoms with van der Waals surface area (Å²) < 4.78 is 36.3. The van der Waals surface area contributed by atoms with Crippen LogP contribution in [0.1, 0.15) is 55.4 Å². The molecule has 0 aromatic carbocycles. The van der Waals surface area contributed by atoms with E-state index >= 15 is 0 Å². The topological polar surface area (TPSA) is 58.6 Å². The summed E-state index contributed by atoms with van der Waals surface area (Å²) in [5.74, 6) is -1.28. The molecule has 7 nitrogen and oxygen atoms in total. The number of hydrogen-bond acceptors (Lipinski definition) is 7. The lowest BCUT2D eigenvalue weighted by atomic mass is 10.1. The Bertz CT molecular complexity index is 501. The molecular weight excluding hydrogens is 350 g/mol. The number of nitrogens with zero attached hydrogens (tertiary/aromatic N) is 1. The fourth-order valence-electron chi connectivity index (χ4n) is 4.28. The van der Waals surface area contributed by atoms with Crippen molar-refractivity contribution in [2.24, 2.45) is 0 Å². The zero-order valence-electron chi connectivity index (χ0n) is 18.1. The smallest absolute Gasteiger partial charge is 0.190 e. The molecule has 3 fully saturated rings. The largest absolute Gasteiger partial charge is 0.371 e. The maximum absolute atomic E-state index is 6.33. The zero-order chi connectivity index (χ0) is 20.0. The summed E-state index contributed by atoms with van der Waals surface area (Å²) in [5.41, 5.74) is 0. The third-order valence-corrected chi connectivity index (χ3v) is 5.41. The first kappa shape index (κ1) is 21.4. The van der Waals surface area contributed by atoms with Crippen molar-refractivity contribution in [2.75, 3.05) is 19.8 Å². The van der Waals surface area contributed by atoms with Crippen LogP contribution in [0.15, 0.2) is 0 Å². The summed E-state index contributed by atoms with van der Waals surface area (Å²) in [5, 5.41) is 0. The van der Waals surface area contributed by atoms with E-state index in [0.29, 0.717) is 25.3 Å². The second-order valence-electron chi connectivity index (χ2n) is 9.20. The first-order valence-corrected chi connectivity index (χ1v) is 10.2. The molecule has 0 bridgehead atoms. The van der Waals surface area contributed by atoms with E-state index in [1.165, 1.54) is 0 Å². The summed E-state index contributed by atoms with van der Waals surface area (Å²) in [6, 6.07) is 0.934. The van der Waals surface area contributed by atoms with Gasteiger partial charge >= 0.3 is 0 Å². The highest BCUT2D eigenvalue weighted by Gasteiger charge is 2.58. The molecule has 158 valence electrons. The third-order valence-electron chi connectivity index (χ3n) is 5.41. The van der Waals surface area contributed by atoms with E-state index in [2.05, 4.69) is 32.6 Å². The average molecular weight is 388 g/mol. The Kier molecular flexibility index (Phi) is 6.24. The van der Waals surface area contributed by atoms with Crippen molar-refractivity contribution >= 4 is 0 Å². The van der Waals surface area contributed by atoms with Crippen LogP contribution in [-0.4, -0.2) is 79.0 Å². The highest BCUT2D eigenvalue weighted by atomic mass is 16.8. The number of hydrogen-bond donors (Lipinski definition) is 0. The van der Waals surface area contributed by atoms with Gasteiger partial charge in [-0.05, 0) is 55.4 Å². The molecule has 0 aliphatic carbocycles. The molecule has 3 saturated heterocycles. The number of ether oxygens (including phenoxy) is 6. The van der Waals surface area contributed by atoms with Gasteiger partial charge in [0.1, 0.15) is 24.4 Å². The van der Waals surface area contributed by atoms with Gasteiger partial charge in [-0.25, -0.2) is 0 Å². The SMILES string of the molecule is CC(C)N(CCO[C@@H]1[C@H]2OC(C)(C)O[C@H]2O[C@@H]1[C@H]1COC(C)(C)O1)C(C)C. The summed E-state index contributed by atoms with van der Waals surface area (Å²) in [7, 11) is 0. The van der Waals surface area contributed by atoms with Gasteiger partial charge in [0.2, 0.25) is 0 Å². The second kappa shape index (κ2) is 7.86. The summed E-state index contributed by atoms with van der Waals surface area (Å²) >= 11 is 0. The Morgan fingerprint density at radius 3 is 2.15 bits per heavy atom. The minimum atomic E-state index is -0.671. The van der Waals surface area contributed by atoms with Gasteiger partial charge in [-0.15, -0.1) is 0 Å². The van der Waals surface area contributed by atoms with Crippen LogP contribution >= 0.6 is 0 Å². The van der Waals surface area contributed by atoms with E-state index < -0.39 is 17.9 Å². The molecule has 0 aromatic heterocycles. The van der Waals surface area contributed by atoms with Crippen LogP contribution in [-0.2, 0) is 28.4 Å². The molecule has 0 N–H and O–H groups in total. The van der Waals surface area contributed by atoms with Crippen molar-refractivity contribution in [1.82, 2.24) is 4.90 Å². The van der Waals surface area contributed by atoms with E-state index in [-0.39, 0.29) is 24.4 Å². The quantitative estimate of drug-likeness (QED) is 0.665. The molecule has 3 aliphatic heterocycles. The zero-order valence-corrected chi connectivity index (χ0v) is 18.1. The van der Waals surface area contributed by atoms with E-state index in [0.717, 1.165) is 6.54 Å². The van der Waals surface area contributed by atoms with Gasteiger partial charge in [-0.1, -0.05) is 0 Å². The Morgan fingerprint density at radius 1 is 0.926 bits per heavy atom.